The minimum Gasteiger partial charge on any atom is -0.292 e. The van der Waals surface area contributed by atoms with E-state index in [4.69, 9.17) is 4.98 Å². The van der Waals surface area contributed by atoms with Crippen LogP contribution in [0.5, 0.6) is 0 Å². The lowest BCUT2D eigenvalue weighted by Crippen LogP contribution is -2.25. The van der Waals surface area contributed by atoms with Gasteiger partial charge in [-0.25, -0.2) is 4.98 Å². The summed E-state index contributed by atoms with van der Waals surface area (Å²) in [4.78, 5) is 5.16. The van der Waals surface area contributed by atoms with Crippen LogP contribution >= 0.6 is 0 Å². The fraction of sp³-hybridized carbons (Fsp3) is 0.0263. The topological polar surface area (TPSA) is 17.8 Å². The van der Waals surface area contributed by atoms with Gasteiger partial charge in [0.25, 0.3) is 0 Å². The molecule has 186 valence electrons. The molecule has 0 radical (unpaired) electrons. The number of fused-ring (bicyclic) bond motifs is 11. The summed E-state index contributed by atoms with van der Waals surface area (Å²) < 4.78 is 2.29. The molecule has 0 N–H and O–H groups in total. The van der Waals surface area contributed by atoms with Gasteiger partial charge in [-0.2, -0.15) is 0 Å². The quantitative estimate of drug-likeness (QED) is 0.228. The summed E-state index contributed by atoms with van der Waals surface area (Å²) in [6.45, 7) is 0. The molecule has 40 heavy (non-hydrogen) atoms. The van der Waals surface area contributed by atoms with Gasteiger partial charge < -0.3 is 0 Å². The van der Waals surface area contributed by atoms with Crippen molar-refractivity contribution in [1.82, 2.24) is 9.55 Å². The van der Waals surface area contributed by atoms with E-state index in [1.807, 2.05) is 0 Å². The molecule has 7 aromatic rings. The maximum Gasteiger partial charge on any atom is 0.145 e. The van der Waals surface area contributed by atoms with Crippen LogP contribution in [-0.2, 0) is 5.41 Å². The SMILES string of the molecule is c1ccc(-n2c(-c3ccc4c(c3)-c3ccccc3C43c4ccccc4-c4ccccc43)nc3ccccc32)cc1. The first-order chi connectivity index (χ1) is 19.9. The average molecular weight is 509 g/mol. The van der Waals surface area contributed by atoms with Crippen LogP contribution in [0.15, 0.2) is 146 Å². The van der Waals surface area contributed by atoms with Crippen molar-refractivity contribution < 1.29 is 0 Å². The molecule has 2 heteroatoms. The van der Waals surface area contributed by atoms with Gasteiger partial charge in [0.15, 0.2) is 0 Å². The van der Waals surface area contributed by atoms with E-state index < -0.39 is 0 Å². The van der Waals surface area contributed by atoms with Gasteiger partial charge in [0, 0.05) is 11.3 Å². The molecule has 0 amide bonds. The zero-order valence-corrected chi connectivity index (χ0v) is 21.8. The van der Waals surface area contributed by atoms with Crippen molar-refractivity contribution >= 4 is 11.0 Å². The first-order valence-corrected chi connectivity index (χ1v) is 13.8. The van der Waals surface area contributed by atoms with Gasteiger partial charge in [0.2, 0.25) is 0 Å². The standard InChI is InChI=1S/C38H24N2/c1-2-12-26(13-3-1)40-36-21-11-10-20-35(36)39-37(40)25-22-23-34-30(24-25)29-16-6-9-19-33(29)38(34)31-17-7-4-14-27(31)28-15-5-8-18-32(28)38/h1-24H. The van der Waals surface area contributed by atoms with Gasteiger partial charge >= 0.3 is 0 Å². The zero-order valence-electron chi connectivity index (χ0n) is 21.8. The van der Waals surface area contributed by atoms with Crippen LogP contribution in [0.3, 0.4) is 0 Å². The molecule has 6 aromatic carbocycles. The summed E-state index contributed by atoms with van der Waals surface area (Å²) in [5.74, 6) is 0.959. The van der Waals surface area contributed by atoms with Gasteiger partial charge in [0.1, 0.15) is 5.82 Å². The fourth-order valence-corrected chi connectivity index (χ4v) is 7.30. The number of rotatable bonds is 2. The van der Waals surface area contributed by atoms with E-state index in [1.165, 1.54) is 44.5 Å². The minimum atomic E-state index is -0.322. The molecule has 0 bridgehead atoms. The summed E-state index contributed by atoms with van der Waals surface area (Å²) in [6.07, 6.45) is 0. The molecule has 0 aliphatic heterocycles. The van der Waals surface area contributed by atoms with Crippen LogP contribution in [0, 0.1) is 0 Å². The van der Waals surface area contributed by atoms with E-state index in [0.29, 0.717) is 0 Å². The van der Waals surface area contributed by atoms with Crippen molar-refractivity contribution in [3.05, 3.63) is 168 Å². The van der Waals surface area contributed by atoms with Crippen LogP contribution < -0.4 is 0 Å². The van der Waals surface area contributed by atoms with E-state index >= 15 is 0 Å². The molecule has 2 aliphatic rings. The maximum absolute atomic E-state index is 5.16. The second-order valence-corrected chi connectivity index (χ2v) is 10.7. The second kappa shape index (κ2) is 7.91. The predicted octanol–water partition coefficient (Wildman–Crippen LogP) is 9.04. The average Bonchev–Trinajstić information content (AvgIpc) is 3.66. The third-order valence-electron chi connectivity index (χ3n) is 8.83. The van der Waals surface area contributed by atoms with Gasteiger partial charge in [-0.1, -0.05) is 115 Å². The van der Waals surface area contributed by atoms with Crippen LogP contribution in [-0.4, -0.2) is 9.55 Å². The number of imidazole rings is 1. The van der Waals surface area contributed by atoms with E-state index in [-0.39, 0.29) is 5.41 Å². The molecule has 9 rings (SSSR count). The molecule has 2 nitrogen and oxygen atoms in total. The molecule has 0 unspecified atom stereocenters. The van der Waals surface area contributed by atoms with E-state index in [9.17, 15) is 0 Å². The lowest BCUT2D eigenvalue weighted by atomic mass is 9.70. The number of para-hydroxylation sites is 3. The number of benzene rings is 6. The Balaban J connectivity index is 1.35. The van der Waals surface area contributed by atoms with E-state index in [1.54, 1.807) is 0 Å². The fourth-order valence-electron chi connectivity index (χ4n) is 7.30. The summed E-state index contributed by atoms with van der Waals surface area (Å²) in [7, 11) is 0. The Labute approximate surface area is 232 Å². The van der Waals surface area contributed by atoms with Crippen LogP contribution in [0.1, 0.15) is 22.3 Å². The third kappa shape index (κ3) is 2.65. The van der Waals surface area contributed by atoms with E-state index in [2.05, 4.69) is 150 Å². The third-order valence-corrected chi connectivity index (χ3v) is 8.83. The summed E-state index contributed by atoms with van der Waals surface area (Å²) in [5, 5.41) is 0. The Kier molecular flexibility index (Phi) is 4.29. The molecule has 0 saturated heterocycles. The first kappa shape index (κ1) is 21.7. The monoisotopic (exact) mass is 508 g/mol. The molecule has 0 fully saturated rings. The van der Waals surface area contributed by atoms with Crippen LogP contribution in [0.25, 0.3) is 50.4 Å². The van der Waals surface area contributed by atoms with Gasteiger partial charge in [-0.3, -0.25) is 4.57 Å². The van der Waals surface area contributed by atoms with Crippen LogP contribution in [0.4, 0.5) is 0 Å². The summed E-state index contributed by atoms with van der Waals surface area (Å²) >= 11 is 0. The molecule has 0 atom stereocenters. The number of nitrogens with zero attached hydrogens (tertiary/aromatic N) is 2. The van der Waals surface area contributed by atoms with Crippen molar-refractivity contribution in [3.63, 3.8) is 0 Å². The van der Waals surface area contributed by atoms with Crippen molar-refractivity contribution in [1.29, 1.82) is 0 Å². The first-order valence-electron chi connectivity index (χ1n) is 13.8. The Morgan fingerprint density at radius 3 is 1.65 bits per heavy atom. The minimum absolute atomic E-state index is 0.322. The largest absolute Gasteiger partial charge is 0.292 e. The summed E-state index contributed by atoms with van der Waals surface area (Å²) in [6, 6.07) is 52.8. The molecule has 1 heterocycles. The normalized spacial score (nSPS) is 13.7. The highest BCUT2D eigenvalue weighted by Crippen LogP contribution is 2.62. The Hall–Kier alpha value is -5.21. The molecule has 2 aliphatic carbocycles. The van der Waals surface area contributed by atoms with Crippen LogP contribution in [0.2, 0.25) is 0 Å². The van der Waals surface area contributed by atoms with Crippen molar-refractivity contribution in [3.8, 4) is 39.3 Å². The summed E-state index contributed by atoms with van der Waals surface area (Å²) in [5.41, 5.74) is 14.7. The zero-order chi connectivity index (χ0) is 26.3. The molecular formula is C38H24N2. The maximum atomic E-state index is 5.16. The highest BCUT2D eigenvalue weighted by molar-refractivity contribution is 5.96. The molecular weight excluding hydrogens is 484 g/mol. The lowest BCUT2D eigenvalue weighted by Gasteiger charge is -2.30. The van der Waals surface area contributed by atoms with Gasteiger partial charge in [-0.15, -0.1) is 0 Å². The Bertz CT molecular complexity index is 2070. The van der Waals surface area contributed by atoms with Crippen molar-refractivity contribution in [2.24, 2.45) is 0 Å². The van der Waals surface area contributed by atoms with Crippen molar-refractivity contribution in [2.45, 2.75) is 5.41 Å². The molecule has 1 spiro atoms. The highest BCUT2D eigenvalue weighted by Gasteiger charge is 2.51. The molecule has 0 saturated carbocycles. The number of hydrogen-bond acceptors (Lipinski definition) is 1. The number of aromatic nitrogens is 2. The van der Waals surface area contributed by atoms with E-state index in [0.717, 1.165) is 28.1 Å². The van der Waals surface area contributed by atoms with Crippen molar-refractivity contribution in [2.75, 3.05) is 0 Å². The van der Waals surface area contributed by atoms with Gasteiger partial charge in [-0.05, 0) is 74.8 Å². The lowest BCUT2D eigenvalue weighted by molar-refractivity contribution is 0.794. The molecule has 1 aromatic heterocycles. The highest BCUT2D eigenvalue weighted by atomic mass is 15.1. The second-order valence-electron chi connectivity index (χ2n) is 10.7. The number of hydrogen-bond donors (Lipinski definition) is 0. The predicted molar refractivity (Wildman–Crippen MR) is 163 cm³/mol. The smallest absolute Gasteiger partial charge is 0.145 e. The Morgan fingerprint density at radius 1 is 0.450 bits per heavy atom. The van der Waals surface area contributed by atoms with Gasteiger partial charge in [0.05, 0.1) is 16.4 Å². The Morgan fingerprint density at radius 2 is 0.975 bits per heavy atom.